The van der Waals surface area contributed by atoms with Crippen molar-refractivity contribution in [1.29, 1.82) is 0 Å². The molecule has 0 radical (unpaired) electrons. The van der Waals surface area contributed by atoms with E-state index < -0.39 is 0 Å². The number of halogens is 1. The van der Waals surface area contributed by atoms with E-state index in [1.165, 1.54) is 0 Å². The number of aliphatic imine (C=N–C) groups is 1. The van der Waals surface area contributed by atoms with Crippen LogP contribution in [0.4, 0.5) is 0 Å². The van der Waals surface area contributed by atoms with Gasteiger partial charge in [0, 0.05) is 31.9 Å². The maximum Gasteiger partial charge on any atom is 0.191 e. The van der Waals surface area contributed by atoms with Gasteiger partial charge in [0.25, 0.3) is 0 Å². The topological polar surface area (TPSA) is 64.1 Å². The summed E-state index contributed by atoms with van der Waals surface area (Å²) < 4.78 is 16.0. The average molecular weight is 513 g/mol. The molecule has 0 bridgehead atoms. The number of ether oxygens (including phenoxy) is 3. The summed E-state index contributed by atoms with van der Waals surface area (Å²) in [6.07, 6.45) is 0.922. The van der Waals surface area contributed by atoms with Gasteiger partial charge in [-0.05, 0) is 37.1 Å². The van der Waals surface area contributed by atoms with Gasteiger partial charge >= 0.3 is 0 Å². The van der Waals surface area contributed by atoms with Gasteiger partial charge in [0.05, 0.1) is 20.8 Å². The number of benzene rings is 2. The molecule has 2 N–H and O–H groups in total. The van der Waals surface area contributed by atoms with Crippen molar-refractivity contribution in [3.05, 3.63) is 59.7 Å². The predicted molar refractivity (Wildman–Crippen MR) is 128 cm³/mol. The summed E-state index contributed by atoms with van der Waals surface area (Å²) in [6, 6.07) is 15.9. The molecule has 0 spiro atoms. The Hall–Kier alpha value is -2.00. The Morgan fingerprint density at radius 2 is 1.72 bits per heavy atom. The summed E-state index contributed by atoms with van der Waals surface area (Å²) in [5.74, 6) is 2.47. The highest BCUT2D eigenvalue weighted by molar-refractivity contribution is 14.0. The number of nitrogens with one attached hydrogen (secondary N) is 2. The van der Waals surface area contributed by atoms with Crippen LogP contribution in [0.15, 0.2) is 53.5 Å². The second-order valence-corrected chi connectivity index (χ2v) is 6.16. The summed E-state index contributed by atoms with van der Waals surface area (Å²) in [5.41, 5.74) is 2.20. The van der Waals surface area contributed by atoms with Crippen molar-refractivity contribution < 1.29 is 14.2 Å². The van der Waals surface area contributed by atoms with Gasteiger partial charge in [0.1, 0.15) is 11.5 Å². The van der Waals surface area contributed by atoms with Crippen LogP contribution >= 0.6 is 24.0 Å². The van der Waals surface area contributed by atoms with Gasteiger partial charge in [-0.2, -0.15) is 0 Å². The molecule has 0 fully saturated rings. The van der Waals surface area contributed by atoms with Gasteiger partial charge in [0.15, 0.2) is 5.96 Å². The number of nitrogens with zero attached hydrogens (tertiary/aromatic N) is 1. The summed E-state index contributed by atoms with van der Waals surface area (Å²) in [7, 11) is 3.35. The molecule has 7 heteroatoms. The molecule has 6 nitrogen and oxygen atoms in total. The Morgan fingerprint density at radius 1 is 0.966 bits per heavy atom. The van der Waals surface area contributed by atoms with Gasteiger partial charge in [0.2, 0.25) is 0 Å². The number of hydrogen-bond acceptors (Lipinski definition) is 4. The van der Waals surface area contributed by atoms with Crippen molar-refractivity contribution in [3.8, 4) is 11.5 Å². The molecular formula is C22H32IN3O3. The van der Waals surface area contributed by atoms with Crippen LogP contribution in [0, 0.1) is 0 Å². The minimum atomic E-state index is 0. The molecular weight excluding hydrogens is 481 g/mol. The van der Waals surface area contributed by atoms with Gasteiger partial charge in [-0.25, -0.2) is 4.99 Å². The second-order valence-electron chi connectivity index (χ2n) is 6.16. The molecule has 2 aromatic carbocycles. The molecule has 0 saturated heterocycles. The van der Waals surface area contributed by atoms with E-state index in [4.69, 9.17) is 19.2 Å². The van der Waals surface area contributed by atoms with Crippen LogP contribution in [0.3, 0.4) is 0 Å². The largest absolute Gasteiger partial charge is 0.497 e. The summed E-state index contributed by atoms with van der Waals surface area (Å²) >= 11 is 0. The highest BCUT2D eigenvalue weighted by Crippen LogP contribution is 2.16. The lowest BCUT2D eigenvalue weighted by Crippen LogP contribution is -2.37. The minimum absolute atomic E-state index is 0. The molecule has 2 aromatic rings. The number of para-hydroxylation sites is 1. The van der Waals surface area contributed by atoms with Crippen molar-refractivity contribution in [2.75, 3.05) is 34.0 Å². The number of rotatable bonds is 11. The van der Waals surface area contributed by atoms with E-state index in [0.29, 0.717) is 13.1 Å². The van der Waals surface area contributed by atoms with Crippen LogP contribution in [0.25, 0.3) is 0 Å². The molecule has 0 aliphatic rings. The molecule has 2 rings (SSSR count). The molecule has 0 saturated carbocycles. The molecule has 160 valence electrons. The Kier molecular flexibility index (Phi) is 12.9. The first-order valence-corrected chi connectivity index (χ1v) is 9.61. The minimum Gasteiger partial charge on any atom is -0.497 e. The Balaban J connectivity index is 0.00000420. The molecule has 29 heavy (non-hydrogen) atoms. The fraction of sp³-hybridized carbons (Fsp3) is 0.409. The van der Waals surface area contributed by atoms with E-state index >= 15 is 0 Å². The third-order valence-corrected chi connectivity index (χ3v) is 4.18. The van der Waals surface area contributed by atoms with Crippen LogP contribution in [-0.4, -0.2) is 39.9 Å². The van der Waals surface area contributed by atoms with Gasteiger partial charge in [-0.1, -0.05) is 30.3 Å². The van der Waals surface area contributed by atoms with E-state index in [1.807, 2.05) is 55.5 Å². The monoisotopic (exact) mass is 513 g/mol. The van der Waals surface area contributed by atoms with Crippen molar-refractivity contribution in [2.24, 2.45) is 4.99 Å². The molecule has 0 aliphatic heterocycles. The van der Waals surface area contributed by atoms with Crippen molar-refractivity contribution in [2.45, 2.75) is 26.4 Å². The predicted octanol–water partition coefficient (Wildman–Crippen LogP) is 3.98. The van der Waals surface area contributed by atoms with Gasteiger partial charge in [-0.3, -0.25) is 0 Å². The van der Waals surface area contributed by atoms with E-state index in [9.17, 15) is 0 Å². The summed E-state index contributed by atoms with van der Waals surface area (Å²) in [4.78, 5) is 4.71. The normalized spacial score (nSPS) is 10.8. The van der Waals surface area contributed by atoms with E-state index in [0.717, 1.165) is 54.8 Å². The fourth-order valence-corrected chi connectivity index (χ4v) is 2.63. The van der Waals surface area contributed by atoms with Crippen molar-refractivity contribution in [1.82, 2.24) is 10.6 Å². The Morgan fingerprint density at radius 3 is 2.41 bits per heavy atom. The zero-order chi connectivity index (χ0) is 20.0. The van der Waals surface area contributed by atoms with Crippen LogP contribution in [0.1, 0.15) is 24.5 Å². The molecule has 0 atom stereocenters. The van der Waals surface area contributed by atoms with E-state index in [1.54, 1.807) is 14.2 Å². The Labute approximate surface area is 191 Å². The third-order valence-electron chi connectivity index (χ3n) is 4.18. The first kappa shape index (κ1) is 25.0. The lowest BCUT2D eigenvalue weighted by Gasteiger charge is -2.14. The van der Waals surface area contributed by atoms with Crippen LogP contribution in [-0.2, 0) is 17.8 Å². The van der Waals surface area contributed by atoms with E-state index in [-0.39, 0.29) is 24.0 Å². The fourth-order valence-electron chi connectivity index (χ4n) is 2.63. The number of methoxy groups -OCH3 is 2. The lowest BCUT2D eigenvalue weighted by molar-refractivity contribution is 0.145. The van der Waals surface area contributed by atoms with Crippen LogP contribution < -0.4 is 20.1 Å². The second kappa shape index (κ2) is 14.9. The highest BCUT2D eigenvalue weighted by Gasteiger charge is 2.04. The van der Waals surface area contributed by atoms with Crippen molar-refractivity contribution >= 4 is 29.9 Å². The third kappa shape index (κ3) is 9.36. The summed E-state index contributed by atoms with van der Waals surface area (Å²) in [6.45, 7) is 5.48. The molecule has 0 aromatic heterocycles. The van der Waals surface area contributed by atoms with Crippen molar-refractivity contribution in [3.63, 3.8) is 0 Å². The van der Waals surface area contributed by atoms with Gasteiger partial charge in [-0.15, -0.1) is 24.0 Å². The smallest absolute Gasteiger partial charge is 0.191 e. The van der Waals surface area contributed by atoms with Gasteiger partial charge < -0.3 is 24.8 Å². The average Bonchev–Trinajstić information content (AvgIpc) is 2.75. The number of guanidine groups is 1. The molecule has 0 amide bonds. The molecule has 0 heterocycles. The zero-order valence-corrected chi connectivity index (χ0v) is 19.8. The number of hydrogen-bond donors (Lipinski definition) is 2. The maximum absolute atomic E-state index is 5.43. The SMILES string of the molecule is CCOCCCNC(=NCc1ccc(OC)cc1)NCc1ccccc1OC.I. The zero-order valence-electron chi connectivity index (χ0n) is 17.4. The molecule has 0 unspecified atom stereocenters. The molecule has 0 aliphatic carbocycles. The first-order valence-electron chi connectivity index (χ1n) is 9.61. The van der Waals surface area contributed by atoms with E-state index in [2.05, 4.69) is 10.6 Å². The quantitative estimate of drug-likeness (QED) is 0.206. The highest BCUT2D eigenvalue weighted by atomic mass is 127. The van der Waals surface area contributed by atoms with Crippen LogP contribution in [0.5, 0.6) is 11.5 Å². The first-order chi connectivity index (χ1) is 13.8. The van der Waals surface area contributed by atoms with Crippen LogP contribution in [0.2, 0.25) is 0 Å². The lowest BCUT2D eigenvalue weighted by atomic mass is 10.2. The standard InChI is InChI=1S/C22H31N3O3.HI/c1-4-28-15-7-14-23-22(24-16-18-10-12-20(26-2)13-11-18)25-17-19-8-5-6-9-21(19)27-3;/h5-6,8-13H,4,7,14-17H2,1-3H3,(H2,23,24,25);1H. The maximum atomic E-state index is 5.43. The summed E-state index contributed by atoms with van der Waals surface area (Å²) in [5, 5.41) is 6.76. The Bertz CT molecular complexity index is 723.